The van der Waals surface area contributed by atoms with Gasteiger partial charge in [0.2, 0.25) is 0 Å². The lowest BCUT2D eigenvalue weighted by molar-refractivity contribution is -0.385. The molecular formula is C13H16ClN3O2. The molecule has 0 spiro atoms. The first-order chi connectivity index (χ1) is 8.77. The second-order valence-corrected chi connectivity index (χ2v) is 4.74. The zero-order valence-electron chi connectivity index (χ0n) is 10.5. The minimum Gasteiger partial charge on any atom is -0.371 e. The maximum atomic E-state index is 11.1. The van der Waals surface area contributed by atoms with Crippen molar-refractivity contribution in [3.63, 3.8) is 0 Å². The fourth-order valence-electron chi connectivity index (χ4n) is 2.93. The molecular weight excluding hydrogens is 266 g/mol. The van der Waals surface area contributed by atoms with Crippen molar-refractivity contribution in [2.75, 3.05) is 13.1 Å². The van der Waals surface area contributed by atoms with Crippen LogP contribution in [0.5, 0.6) is 0 Å². The molecule has 1 unspecified atom stereocenters. The quantitative estimate of drug-likeness (QED) is 0.669. The molecule has 1 N–H and O–H groups in total. The number of aliphatic imine (C=N–C) groups is 1. The average Bonchev–Trinajstić information content (AvgIpc) is 2.91. The molecule has 1 aliphatic carbocycles. The summed E-state index contributed by atoms with van der Waals surface area (Å²) in [6.45, 7) is 1.70. The number of halogens is 1. The maximum absolute atomic E-state index is 11.1. The first-order valence-corrected chi connectivity index (χ1v) is 6.32. The highest BCUT2D eigenvalue weighted by Crippen LogP contribution is 2.37. The van der Waals surface area contributed by atoms with Crippen LogP contribution in [0.3, 0.4) is 0 Å². The van der Waals surface area contributed by atoms with E-state index in [1.54, 1.807) is 12.1 Å². The molecule has 0 amide bonds. The molecule has 1 aromatic carbocycles. The van der Waals surface area contributed by atoms with Crippen LogP contribution in [-0.4, -0.2) is 23.8 Å². The van der Waals surface area contributed by atoms with Gasteiger partial charge in [-0.2, -0.15) is 0 Å². The van der Waals surface area contributed by atoms with Gasteiger partial charge in [0.25, 0.3) is 5.69 Å². The van der Waals surface area contributed by atoms with Gasteiger partial charge in [0, 0.05) is 24.1 Å². The number of nitrogens with zero attached hydrogens (tertiary/aromatic N) is 2. The Morgan fingerprint density at radius 3 is 2.95 bits per heavy atom. The number of nitro groups is 1. The first kappa shape index (κ1) is 13.8. The number of hydrogen-bond acceptors (Lipinski definition) is 4. The smallest absolute Gasteiger partial charge is 0.272 e. The van der Waals surface area contributed by atoms with Crippen LogP contribution in [0.1, 0.15) is 29.9 Å². The van der Waals surface area contributed by atoms with Crippen molar-refractivity contribution in [3.8, 4) is 0 Å². The Hall–Kier alpha value is -1.62. The SMILES string of the molecule is Cl.O=[N+]([O-])c1cccc2c1CCCC2C1=NCCN1. The minimum absolute atomic E-state index is 0. The van der Waals surface area contributed by atoms with Gasteiger partial charge in [-0.05, 0) is 24.8 Å². The zero-order valence-corrected chi connectivity index (χ0v) is 11.3. The Balaban J connectivity index is 0.00000133. The molecule has 0 aromatic heterocycles. The monoisotopic (exact) mass is 281 g/mol. The van der Waals surface area contributed by atoms with Crippen LogP contribution in [-0.2, 0) is 6.42 Å². The molecule has 0 fully saturated rings. The Bertz CT molecular complexity index is 531. The fraction of sp³-hybridized carbons (Fsp3) is 0.462. The van der Waals surface area contributed by atoms with Gasteiger partial charge in [-0.25, -0.2) is 0 Å². The summed E-state index contributed by atoms with van der Waals surface area (Å²) in [5.74, 6) is 1.23. The fourth-order valence-corrected chi connectivity index (χ4v) is 2.93. The summed E-state index contributed by atoms with van der Waals surface area (Å²) >= 11 is 0. The number of benzene rings is 1. The second-order valence-electron chi connectivity index (χ2n) is 4.74. The Morgan fingerprint density at radius 2 is 2.26 bits per heavy atom. The van der Waals surface area contributed by atoms with Gasteiger partial charge in [0.1, 0.15) is 5.84 Å². The van der Waals surface area contributed by atoms with Crippen LogP contribution in [0, 0.1) is 10.1 Å². The van der Waals surface area contributed by atoms with E-state index in [1.807, 2.05) is 6.07 Å². The molecule has 0 saturated heterocycles. The number of rotatable bonds is 2. The first-order valence-electron chi connectivity index (χ1n) is 6.32. The molecule has 6 heteroatoms. The van der Waals surface area contributed by atoms with Crippen molar-refractivity contribution < 1.29 is 4.92 Å². The largest absolute Gasteiger partial charge is 0.371 e. The van der Waals surface area contributed by atoms with Crippen molar-refractivity contribution in [1.82, 2.24) is 5.32 Å². The van der Waals surface area contributed by atoms with Crippen LogP contribution >= 0.6 is 12.4 Å². The summed E-state index contributed by atoms with van der Waals surface area (Å²) in [7, 11) is 0. The van der Waals surface area contributed by atoms with Crippen LogP contribution in [0.25, 0.3) is 0 Å². The Kier molecular flexibility index (Phi) is 4.04. The molecule has 0 radical (unpaired) electrons. The topological polar surface area (TPSA) is 67.5 Å². The minimum atomic E-state index is -0.273. The van der Waals surface area contributed by atoms with E-state index in [-0.39, 0.29) is 28.9 Å². The molecule has 1 aromatic rings. The summed E-state index contributed by atoms with van der Waals surface area (Å²) in [6.07, 6.45) is 2.82. The van der Waals surface area contributed by atoms with Gasteiger partial charge < -0.3 is 5.32 Å². The van der Waals surface area contributed by atoms with E-state index in [0.717, 1.165) is 49.3 Å². The van der Waals surface area contributed by atoms with Crippen LogP contribution in [0.4, 0.5) is 5.69 Å². The molecule has 0 saturated carbocycles. The molecule has 1 atom stereocenters. The van der Waals surface area contributed by atoms with Gasteiger partial charge >= 0.3 is 0 Å². The third kappa shape index (κ3) is 2.42. The Labute approximate surface area is 117 Å². The van der Waals surface area contributed by atoms with Gasteiger partial charge in [-0.3, -0.25) is 15.1 Å². The maximum Gasteiger partial charge on any atom is 0.272 e. The predicted molar refractivity (Wildman–Crippen MR) is 76.3 cm³/mol. The third-order valence-electron chi connectivity index (χ3n) is 3.71. The molecule has 1 heterocycles. The van der Waals surface area contributed by atoms with Crippen molar-refractivity contribution in [1.29, 1.82) is 0 Å². The van der Waals surface area contributed by atoms with Crippen LogP contribution in [0.2, 0.25) is 0 Å². The third-order valence-corrected chi connectivity index (χ3v) is 3.71. The van der Waals surface area contributed by atoms with Gasteiger partial charge in [-0.15, -0.1) is 12.4 Å². The number of fused-ring (bicyclic) bond motifs is 1. The summed E-state index contributed by atoms with van der Waals surface area (Å²) in [4.78, 5) is 15.3. The van der Waals surface area contributed by atoms with Crippen molar-refractivity contribution in [3.05, 3.63) is 39.4 Å². The number of amidine groups is 1. The molecule has 1 aliphatic heterocycles. The van der Waals surface area contributed by atoms with Crippen LogP contribution < -0.4 is 5.32 Å². The predicted octanol–water partition coefficient (Wildman–Crippen LogP) is 2.44. The van der Waals surface area contributed by atoms with E-state index in [1.165, 1.54) is 0 Å². The zero-order chi connectivity index (χ0) is 12.5. The van der Waals surface area contributed by atoms with E-state index in [2.05, 4.69) is 10.3 Å². The highest BCUT2D eigenvalue weighted by molar-refractivity contribution is 5.91. The molecule has 5 nitrogen and oxygen atoms in total. The Morgan fingerprint density at radius 1 is 1.42 bits per heavy atom. The number of hydrogen-bond donors (Lipinski definition) is 1. The van der Waals surface area contributed by atoms with Gasteiger partial charge in [0.05, 0.1) is 11.5 Å². The summed E-state index contributed by atoms with van der Waals surface area (Å²) < 4.78 is 0. The van der Waals surface area contributed by atoms with Crippen molar-refractivity contribution in [2.45, 2.75) is 25.2 Å². The van der Waals surface area contributed by atoms with E-state index in [9.17, 15) is 10.1 Å². The average molecular weight is 282 g/mol. The summed E-state index contributed by atoms with van der Waals surface area (Å²) in [6, 6.07) is 5.39. The van der Waals surface area contributed by atoms with Crippen molar-refractivity contribution >= 4 is 23.9 Å². The molecule has 0 bridgehead atoms. The highest BCUT2D eigenvalue weighted by atomic mass is 35.5. The lowest BCUT2D eigenvalue weighted by atomic mass is 9.81. The van der Waals surface area contributed by atoms with E-state index in [4.69, 9.17) is 0 Å². The molecule has 2 aliphatic rings. The standard InChI is InChI=1S/C13H15N3O2.ClH/c17-16(18)12-6-2-3-9-10(12)4-1-5-11(9)13-14-7-8-15-13;/h2-3,6,11H,1,4-5,7-8H2,(H,14,15);1H. The highest BCUT2D eigenvalue weighted by Gasteiger charge is 2.30. The lowest BCUT2D eigenvalue weighted by Gasteiger charge is -2.25. The molecule has 3 rings (SSSR count). The van der Waals surface area contributed by atoms with E-state index >= 15 is 0 Å². The van der Waals surface area contributed by atoms with Crippen molar-refractivity contribution in [2.24, 2.45) is 4.99 Å². The summed E-state index contributed by atoms with van der Waals surface area (Å²) in [5, 5.41) is 14.4. The van der Waals surface area contributed by atoms with E-state index in [0.29, 0.717) is 0 Å². The normalized spacial score (nSPS) is 20.8. The lowest BCUT2D eigenvalue weighted by Crippen LogP contribution is -2.28. The number of nitro benzene ring substituents is 1. The number of nitrogens with one attached hydrogen (secondary N) is 1. The van der Waals surface area contributed by atoms with Crippen LogP contribution in [0.15, 0.2) is 23.2 Å². The summed E-state index contributed by atoms with van der Waals surface area (Å²) in [5.41, 5.74) is 2.24. The van der Waals surface area contributed by atoms with E-state index < -0.39 is 0 Å². The molecule has 19 heavy (non-hydrogen) atoms. The second kappa shape index (κ2) is 5.57. The van der Waals surface area contributed by atoms with Gasteiger partial charge in [0.15, 0.2) is 0 Å². The molecule has 102 valence electrons. The van der Waals surface area contributed by atoms with Gasteiger partial charge in [-0.1, -0.05) is 12.1 Å².